The van der Waals surface area contributed by atoms with Gasteiger partial charge >= 0.3 is 0 Å². The third-order valence-corrected chi connectivity index (χ3v) is 5.70. The summed E-state index contributed by atoms with van der Waals surface area (Å²) in [5, 5.41) is 2.87. The fraction of sp³-hybridized carbons (Fsp3) is 0.300. The average Bonchev–Trinajstić information content (AvgIpc) is 3.31. The molecule has 1 aromatic carbocycles. The molecule has 0 aliphatic carbocycles. The highest BCUT2D eigenvalue weighted by Gasteiger charge is 2.31. The van der Waals surface area contributed by atoms with Crippen molar-refractivity contribution in [2.45, 2.75) is 25.8 Å². The van der Waals surface area contributed by atoms with Crippen LogP contribution >= 0.6 is 24.0 Å². The largest absolute Gasteiger partial charge is 0.356 e. The normalized spacial score (nSPS) is 15.3. The number of carbonyl (C=O) groups is 2. The lowest BCUT2D eigenvalue weighted by atomic mass is 10.2. The van der Waals surface area contributed by atoms with Crippen molar-refractivity contribution in [2.75, 3.05) is 13.1 Å². The zero-order valence-electron chi connectivity index (χ0n) is 15.7. The zero-order valence-corrected chi connectivity index (χ0v) is 17.3. The lowest BCUT2D eigenvalue weighted by Gasteiger charge is -2.14. The van der Waals surface area contributed by atoms with E-state index in [-0.39, 0.29) is 17.6 Å². The lowest BCUT2D eigenvalue weighted by molar-refractivity contribution is -0.124. The predicted octanol–water partition coefficient (Wildman–Crippen LogP) is 3.21. The predicted molar refractivity (Wildman–Crippen MR) is 115 cm³/mol. The van der Waals surface area contributed by atoms with E-state index in [1.165, 1.54) is 17.0 Å². The van der Waals surface area contributed by atoms with Crippen LogP contribution in [0.15, 0.2) is 47.9 Å². The summed E-state index contributed by atoms with van der Waals surface area (Å²) >= 11 is 6.43. The number of aromatic nitrogens is 2. The molecular weight excluding hydrogens is 411 g/mol. The number of aryl methyl sites for hydroxylation is 1. The minimum atomic E-state index is -0.387. The van der Waals surface area contributed by atoms with Crippen molar-refractivity contribution >= 4 is 46.2 Å². The Morgan fingerprint density at radius 2 is 2.10 bits per heavy atom. The first kappa shape index (κ1) is 21.2. The lowest BCUT2D eigenvalue weighted by Crippen LogP contribution is -2.31. The number of halogens is 1. The van der Waals surface area contributed by atoms with Crippen LogP contribution in [0.5, 0.6) is 0 Å². The molecule has 1 saturated heterocycles. The van der Waals surface area contributed by atoms with E-state index in [9.17, 15) is 14.0 Å². The highest BCUT2D eigenvalue weighted by Crippen LogP contribution is 2.33. The molecule has 2 amide bonds. The Morgan fingerprint density at radius 1 is 1.28 bits per heavy atom. The molecule has 3 rings (SSSR count). The third-order valence-electron chi connectivity index (χ3n) is 4.33. The van der Waals surface area contributed by atoms with Gasteiger partial charge in [0.25, 0.3) is 5.91 Å². The number of nitrogens with zero attached hydrogens (tertiary/aromatic N) is 3. The Morgan fingerprint density at radius 3 is 2.86 bits per heavy atom. The number of amides is 2. The monoisotopic (exact) mass is 432 g/mol. The average molecular weight is 433 g/mol. The highest BCUT2D eigenvalue weighted by atomic mass is 32.2. The molecule has 0 atom stereocenters. The SMILES string of the molecule is O=C(CCCN1C(=O)C(=Cc2ccccc2F)SC1=S)NCCCn1ccnc1. The molecule has 0 radical (unpaired) electrons. The summed E-state index contributed by atoms with van der Waals surface area (Å²) in [4.78, 5) is 30.3. The number of hydrogen-bond donors (Lipinski definition) is 1. The smallest absolute Gasteiger partial charge is 0.266 e. The van der Waals surface area contributed by atoms with Gasteiger partial charge in [0.05, 0.1) is 11.2 Å². The van der Waals surface area contributed by atoms with Crippen LogP contribution in [0.2, 0.25) is 0 Å². The van der Waals surface area contributed by atoms with Crippen molar-refractivity contribution in [1.29, 1.82) is 0 Å². The summed E-state index contributed by atoms with van der Waals surface area (Å²) in [7, 11) is 0. The van der Waals surface area contributed by atoms with Crippen LogP contribution in [0.1, 0.15) is 24.8 Å². The van der Waals surface area contributed by atoms with Crippen molar-refractivity contribution in [3.63, 3.8) is 0 Å². The van der Waals surface area contributed by atoms with Crippen molar-refractivity contribution in [1.82, 2.24) is 19.8 Å². The highest BCUT2D eigenvalue weighted by molar-refractivity contribution is 8.26. The topological polar surface area (TPSA) is 67.2 Å². The fourth-order valence-corrected chi connectivity index (χ4v) is 4.12. The Balaban J connectivity index is 1.41. The number of hydrogen-bond acceptors (Lipinski definition) is 5. The van der Waals surface area contributed by atoms with E-state index in [4.69, 9.17) is 12.2 Å². The fourth-order valence-electron chi connectivity index (χ4n) is 2.82. The first-order valence-electron chi connectivity index (χ1n) is 9.27. The Bertz CT molecular complexity index is 915. The van der Waals surface area contributed by atoms with Crippen molar-refractivity contribution in [2.24, 2.45) is 0 Å². The maximum absolute atomic E-state index is 13.8. The zero-order chi connectivity index (χ0) is 20.6. The molecule has 2 aromatic rings. The summed E-state index contributed by atoms with van der Waals surface area (Å²) in [6.07, 6.45) is 8.49. The molecule has 0 saturated carbocycles. The van der Waals surface area contributed by atoms with Crippen LogP contribution < -0.4 is 5.32 Å². The Labute approximate surface area is 178 Å². The maximum atomic E-state index is 13.8. The van der Waals surface area contributed by atoms with Gasteiger partial charge in [0.15, 0.2) is 0 Å². The molecule has 29 heavy (non-hydrogen) atoms. The van der Waals surface area contributed by atoms with Crippen LogP contribution in [-0.2, 0) is 16.1 Å². The van der Waals surface area contributed by atoms with Gasteiger partial charge in [0.2, 0.25) is 5.91 Å². The van der Waals surface area contributed by atoms with E-state index in [0.717, 1.165) is 24.7 Å². The molecule has 9 heteroatoms. The van der Waals surface area contributed by atoms with Gasteiger partial charge in [-0.1, -0.05) is 42.2 Å². The number of thioether (sulfide) groups is 1. The van der Waals surface area contributed by atoms with Crippen LogP contribution in [0.4, 0.5) is 4.39 Å². The minimum Gasteiger partial charge on any atom is -0.356 e. The number of thiocarbonyl (C=S) groups is 1. The molecule has 0 unspecified atom stereocenters. The van der Waals surface area contributed by atoms with E-state index in [2.05, 4.69) is 10.3 Å². The van der Waals surface area contributed by atoms with Crippen LogP contribution in [-0.4, -0.2) is 43.7 Å². The van der Waals surface area contributed by atoms with Crippen molar-refractivity contribution in [3.8, 4) is 0 Å². The first-order valence-corrected chi connectivity index (χ1v) is 10.5. The van der Waals surface area contributed by atoms with E-state index in [0.29, 0.717) is 40.7 Å². The molecule has 0 bridgehead atoms. The van der Waals surface area contributed by atoms with Crippen LogP contribution in [0, 0.1) is 5.82 Å². The van der Waals surface area contributed by atoms with Gasteiger partial charge in [0, 0.05) is 44.0 Å². The molecule has 1 aliphatic heterocycles. The van der Waals surface area contributed by atoms with Crippen LogP contribution in [0.3, 0.4) is 0 Å². The number of imidazole rings is 1. The molecule has 152 valence electrons. The molecule has 2 heterocycles. The van der Waals surface area contributed by atoms with E-state index in [1.807, 2.05) is 10.8 Å². The summed E-state index contributed by atoms with van der Waals surface area (Å²) < 4.78 is 16.2. The second-order valence-corrected chi connectivity index (χ2v) is 8.14. The number of nitrogens with one attached hydrogen (secondary N) is 1. The quantitative estimate of drug-likeness (QED) is 0.374. The third kappa shape index (κ3) is 5.98. The standard InChI is InChI=1S/C20H21FN4O2S2/c21-16-6-2-1-5-15(16)13-17-19(27)25(20(28)29-17)11-3-7-18(26)23-8-4-10-24-12-9-22-14-24/h1-2,5-6,9,12-14H,3-4,7-8,10-11H2,(H,23,26). The van der Waals surface area contributed by atoms with E-state index >= 15 is 0 Å². The van der Waals surface area contributed by atoms with Crippen molar-refractivity contribution in [3.05, 3.63) is 59.3 Å². The number of carbonyl (C=O) groups excluding carboxylic acids is 2. The number of rotatable bonds is 9. The second kappa shape index (κ2) is 10.3. The molecule has 1 aliphatic rings. The molecule has 1 fully saturated rings. The molecule has 1 aromatic heterocycles. The summed E-state index contributed by atoms with van der Waals surface area (Å²) in [5.74, 6) is -0.686. The van der Waals surface area contributed by atoms with Gasteiger partial charge in [-0.05, 0) is 25.0 Å². The molecule has 0 spiro atoms. The Kier molecular flexibility index (Phi) is 7.54. The molecular formula is C20H21FN4O2S2. The van der Waals surface area contributed by atoms with E-state index < -0.39 is 0 Å². The maximum Gasteiger partial charge on any atom is 0.266 e. The van der Waals surface area contributed by atoms with Gasteiger partial charge in [-0.3, -0.25) is 14.5 Å². The van der Waals surface area contributed by atoms with Crippen molar-refractivity contribution < 1.29 is 14.0 Å². The van der Waals surface area contributed by atoms with Gasteiger partial charge < -0.3 is 9.88 Å². The minimum absolute atomic E-state index is 0.0528. The van der Waals surface area contributed by atoms with Gasteiger partial charge in [-0.15, -0.1) is 0 Å². The van der Waals surface area contributed by atoms with Gasteiger partial charge in [-0.25, -0.2) is 9.37 Å². The second-order valence-electron chi connectivity index (χ2n) is 6.46. The van der Waals surface area contributed by atoms with E-state index in [1.54, 1.807) is 30.7 Å². The first-order chi connectivity index (χ1) is 14.0. The van der Waals surface area contributed by atoms with Crippen LogP contribution in [0.25, 0.3) is 6.08 Å². The summed E-state index contributed by atoms with van der Waals surface area (Å²) in [6, 6.07) is 6.27. The summed E-state index contributed by atoms with van der Waals surface area (Å²) in [5.41, 5.74) is 0.350. The summed E-state index contributed by atoms with van der Waals surface area (Å²) in [6.45, 7) is 1.75. The Hall–Kier alpha value is -2.52. The van der Waals surface area contributed by atoms with Gasteiger partial charge in [0.1, 0.15) is 10.1 Å². The molecule has 6 nitrogen and oxygen atoms in total. The number of benzene rings is 1. The molecule has 1 N–H and O–H groups in total. The van der Waals surface area contributed by atoms with Gasteiger partial charge in [-0.2, -0.15) is 0 Å².